The molecule has 0 aromatic carbocycles. The van der Waals surface area contributed by atoms with E-state index in [1.165, 1.54) is 0 Å². The predicted octanol–water partition coefficient (Wildman–Crippen LogP) is 12.9. The lowest BCUT2D eigenvalue weighted by molar-refractivity contribution is -0.147. The minimum absolute atomic E-state index is 0.103. The second kappa shape index (κ2) is 46.6. The van der Waals surface area contributed by atoms with Gasteiger partial charge in [0.05, 0.1) is 13.2 Å². The van der Waals surface area contributed by atoms with E-state index >= 15 is 0 Å². The largest absolute Gasteiger partial charge is 0.480 e. The standard InChI is InChI=1S/C54H80NO10P/c1-3-5-7-9-11-13-15-17-19-21-23-25-27-29-31-33-35-37-39-41-43-45-52(57)55-51(54(59)60)49-65-66(61,62)64-48-50(56)47-63-53(58)46-44-42-40-38-36-34-32-30-28-26-24-22-20-18-16-14-12-10-8-6-4-2/h5-8,11-14,17-20,23-26,29-32,35-38,41,43,50-51,56H,3-4,9-10,15-16,21-22,27-28,33-34,39-40,42,44-49H2,1-2H3,(H,55,57)(H,59,60)(H,61,62)/b7-5-,8-6-,13-11-,14-12-,19-17-,20-18-,25-23-,26-24-,31-29-,32-30-,37-35-,38-36-,43-41-. The first-order valence-corrected chi connectivity index (χ1v) is 25.0. The number of carbonyl (C=O) groups excluding carboxylic acids is 2. The third-order valence-electron chi connectivity index (χ3n) is 8.84. The van der Waals surface area contributed by atoms with Crippen molar-refractivity contribution in [1.82, 2.24) is 5.32 Å². The van der Waals surface area contributed by atoms with Gasteiger partial charge in [-0.1, -0.05) is 172 Å². The van der Waals surface area contributed by atoms with Gasteiger partial charge in [0.1, 0.15) is 12.7 Å². The van der Waals surface area contributed by atoms with Gasteiger partial charge in [-0.3, -0.25) is 18.6 Å². The van der Waals surface area contributed by atoms with Crippen molar-refractivity contribution in [2.75, 3.05) is 19.8 Å². The first-order valence-electron chi connectivity index (χ1n) is 23.5. The van der Waals surface area contributed by atoms with Gasteiger partial charge in [-0.25, -0.2) is 9.36 Å². The quantitative estimate of drug-likeness (QED) is 0.0200. The molecule has 3 unspecified atom stereocenters. The SMILES string of the molecule is CC/C=C\C/C=C\C/C=C\C/C=C\C/C=C\C/C=C\C/C=C\CC(=O)NC(COP(=O)(O)OCC(O)COC(=O)CCCC/C=C\C/C=C\C/C=C\C/C=C\C/C=C\C/C=C\CC)C(=O)O. The van der Waals surface area contributed by atoms with Crippen LogP contribution in [0.15, 0.2) is 158 Å². The number of phosphoric ester groups is 1. The molecule has 0 rings (SSSR count). The molecule has 4 N–H and O–H groups in total. The van der Waals surface area contributed by atoms with Gasteiger partial charge >= 0.3 is 19.8 Å². The van der Waals surface area contributed by atoms with Gasteiger partial charge in [0.25, 0.3) is 0 Å². The number of esters is 1. The highest BCUT2D eigenvalue weighted by molar-refractivity contribution is 7.47. The average Bonchev–Trinajstić information content (AvgIpc) is 3.29. The average molecular weight is 934 g/mol. The molecule has 0 aliphatic heterocycles. The molecule has 0 heterocycles. The van der Waals surface area contributed by atoms with Gasteiger partial charge in [-0.05, 0) is 103 Å². The predicted molar refractivity (Wildman–Crippen MR) is 272 cm³/mol. The molecule has 366 valence electrons. The number of allylic oxidation sites excluding steroid dienone is 25. The summed E-state index contributed by atoms with van der Waals surface area (Å²) < 4.78 is 26.8. The number of hydrogen-bond donors (Lipinski definition) is 4. The van der Waals surface area contributed by atoms with E-state index in [0.29, 0.717) is 12.8 Å². The molecule has 3 atom stereocenters. The molecule has 11 nitrogen and oxygen atoms in total. The lowest BCUT2D eigenvalue weighted by Gasteiger charge is -2.18. The van der Waals surface area contributed by atoms with E-state index in [1.54, 1.807) is 12.2 Å². The maximum atomic E-state index is 12.3. The van der Waals surface area contributed by atoms with Crippen LogP contribution in [0.4, 0.5) is 0 Å². The lowest BCUT2D eigenvalue weighted by atomic mass is 10.2. The van der Waals surface area contributed by atoms with Crippen molar-refractivity contribution in [2.24, 2.45) is 0 Å². The normalized spacial score (nSPS) is 15.0. The number of aliphatic carboxylic acids is 1. The van der Waals surface area contributed by atoms with E-state index in [9.17, 15) is 34.1 Å². The lowest BCUT2D eigenvalue weighted by Crippen LogP contribution is -2.43. The number of carboxylic acids is 1. The van der Waals surface area contributed by atoms with Gasteiger partial charge < -0.3 is 25.2 Å². The molecule has 0 aromatic rings. The number of hydrogen-bond acceptors (Lipinski definition) is 8. The van der Waals surface area contributed by atoms with Gasteiger partial charge in [-0.15, -0.1) is 0 Å². The van der Waals surface area contributed by atoms with E-state index < -0.39 is 57.6 Å². The van der Waals surface area contributed by atoms with Gasteiger partial charge in [-0.2, -0.15) is 0 Å². The summed E-state index contributed by atoms with van der Waals surface area (Å²) >= 11 is 0. The zero-order valence-corrected chi connectivity index (χ0v) is 40.6. The topological polar surface area (TPSA) is 169 Å². The van der Waals surface area contributed by atoms with Crippen molar-refractivity contribution in [3.8, 4) is 0 Å². The maximum absolute atomic E-state index is 12.3. The summed E-state index contributed by atoms with van der Waals surface area (Å²) in [6.45, 7) is 2.22. The summed E-state index contributed by atoms with van der Waals surface area (Å²) in [4.78, 5) is 46.0. The Balaban J connectivity index is 4.10. The van der Waals surface area contributed by atoms with Crippen LogP contribution in [0.25, 0.3) is 0 Å². The third-order valence-corrected chi connectivity index (χ3v) is 9.79. The Bertz CT molecular complexity index is 1710. The minimum atomic E-state index is -4.81. The zero-order chi connectivity index (χ0) is 48.4. The number of aliphatic hydroxyl groups excluding tert-OH is 1. The molecule has 0 aromatic heterocycles. The number of carbonyl (C=O) groups is 3. The Morgan fingerprint density at radius 3 is 1.23 bits per heavy atom. The number of aliphatic hydroxyl groups is 1. The van der Waals surface area contributed by atoms with Crippen molar-refractivity contribution in [1.29, 1.82) is 0 Å². The fourth-order valence-electron chi connectivity index (χ4n) is 5.28. The van der Waals surface area contributed by atoms with Crippen LogP contribution in [0.3, 0.4) is 0 Å². The first-order chi connectivity index (χ1) is 32.1. The van der Waals surface area contributed by atoms with Crippen molar-refractivity contribution in [2.45, 2.75) is 142 Å². The Morgan fingerprint density at radius 1 is 0.500 bits per heavy atom. The van der Waals surface area contributed by atoms with Crippen LogP contribution in [0.1, 0.15) is 129 Å². The number of unbranched alkanes of at least 4 members (excludes halogenated alkanes) is 2. The van der Waals surface area contributed by atoms with Crippen molar-refractivity contribution < 1.29 is 47.8 Å². The van der Waals surface area contributed by atoms with E-state index in [0.717, 1.165) is 89.9 Å². The van der Waals surface area contributed by atoms with Crippen molar-refractivity contribution in [3.63, 3.8) is 0 Å². The summed E-state index contributed by atoms with van der Waals surface area (Å²) in [6.07, 6.45) is 67.3. The van der Waals surface area contributed by atoms with Crippen LogP contribution < -0.4 is 5.32 Å². The highest BCUT2D eigenvalue weighted by atomic mass is 31.2. The van der Waals surface area contributed by atoms with E-state index in [-0.39, 0.29) is 12.8 Å². The molecular formula is C54H80NO10P. The van der Waals surface area contributed by atoms with Crippen LogP contribution >= 0.6 is 7.82 Å². The Labute approximate surface area is 396 Å². The second-order valence-corrected chi connectivity index (χ2v) is 16.3. The second-order valence-electron chi connectivity index (χ2n) is 14.8. The van der Waals surface area contributed by atoms with Crippen LogP contribution in [0.5, 0.6) is 0 Å². The summed E-state index contributed by atoms with van der Waals surface area (Å²) in [5, 5.41) is 21.8. The number of carboxylic acid groups (broad SMARTS) is 1. The smallest absolute Gasteiger partial charge is 0.472 e. The zero-order valence-electron chi connectivity index (χ0n) is 39.7. The summed E-state index contributed by atoms with van der Waals surface area (Å²) in [5.74, 6) is -2.62. The molecular weight excluding hydrogens is 854 g/mol. The van der Waals surface area contributed by atoms with Crippen molar-refractivity contribution in [3.05, 3.63) is 158 Å². The molecule has 0 radical (unpaired) electrons. The fourth-order valence-corrected chi connectivity index (χ4v) is 6.05. The summed E-state index contributed by atoms with van der Waals surface area (Å²) in [5.41, 5.74) is 0. The summed E-state index contributed by atoms with van der Waals surface area (Å²) in [7, 11) is -4.81. The molecule has 1 amide bonds. The number of rotatable bonds is 41. The van der Waals surface area contributed by atoms with E-state index in [4.69, 9.17) is 13.8 Å². The first kappa shape index (κ1) is 61.1. The van der Waals surface area contributed by atoms with Crippen LogP contribution in [-0.4, -0.2) is 64.9 Å². The Hall–Kier alpha value is -4.90. The van der Waals surface area contributed by atoms with Gasteiger partial charge in [0.15, 0.2) is 6.04 Å². The molecule has 0 aliphatic rings. The van der Waals surface area contributed by atoms with Gasteiger partial charge in [0.2, 0.25) is 5.91 Å². The van der Waals surface area contributed by atoms with Crippen LogP contribution in [0, 0.1) is 0 Å². The minimum Gasteiger partial charge on any atom is -0.480 e. The van der Waals surface area contributed by atoms with Crippen molar-refractivity contribution >= 4 is 25.7 Å². The van der Waals surface area contributed by atoms with Crippen LogP contribution in [0.2, 0.25) is 0 Å². The molecule has 66 heavy (non-hydrogen) atoms. The van der Waals surface area contributed by atoms with Gasteiger partial charge in [0, 0.05) is 12.8 Å². The molecule has 12 heteroatoms. The Morgan fingerprint density at radius 2 is 0.848 bits per heavy atom. The molecule has 0 bridgehead atoms. The molecule has 0 fully saturated rings. The third kappa shape index (κ3) is 45.7. The number of amides is 1. The molecule has 0 spiro atoms. The highest BCUT2D eigenvalue weighted by Gasteiger charge is 2.28. The molecule has 0 saturated carbocycles. The van der Waals surface area contributed by atoms with E-state index in [1.807, 2.05) is 12.2 Å². The van der Waals surface area contributed by atoms with Crippen LogP contribution in [-0.2, 0) is 32.7 Å². The number of phosphoric acid groups is 1. The fraction of sp³-hybridized carbons (Fsp3) is 0.463. The number of ether oxygens (including phenoxy) is 1. The Kier molecular flexibility index (Phi) is 43.2. The highest BCUT2D eigenvalue weighted by Crippen LogP contribution is 2.43. The summed E-state index contributed by atoms with van der Waals surface area (Å²) in [6, 6.07) is -1.62. The monoisotopic (exact) mass is 934 g/mol. The molecule has 0 aliphatic carbocycles. The van der Waals surface area contributed by atoms with E-state index in [2.05, 4.69) is 153 Å². The number of nitrogens with one attached hydrogen (secondary N) is 1. The maximum Gasteiger partial charge on any atom is 0.472 e. The molecule has 0 saturated heterocycles.